The van der Waals surface area contributed by atoms with Gasteiger partial charge in [-0.2, -0.15) is 0 Å². The largest absolute Gasteiger partial charge is 0.480 e. The van der Waals surface area contributed by atoms with Gasteiger partial charge < -0.3 is 21.5 Å². The predicted octanol–water partition coefficient (Wildman–Crippen LogP) is -1.18. The first-order valence-corrected chi connectivity index (χ1v) is 5.40. The molecule has 5 N–H and O–H groups in total. The summed E-state index contributed by atoms with van der Waals surface area (Å²) in [5, 5.41) is 14.0. The molecule has 7 heteroatoms. The smallest absolute Gasteiger partial charge is 0.326 e. The van der Waals surface area contributed by atoms with Gasteiger partial charge >= 0.3 is 5.97 Å². The second-order valence-electron chi connectivity index (χ2n) is 3.79. The zero-order valence-electron chi connectivity index (χ0n) is 10.0. The zero-order valence-corrected chi connectivity index (χ0v) is 10.0. The highest BCUT2D eigenvalue weighted by Gasteiger charge is 2.22. The molecule has 0 aliphatic heterocycles. The van der Waals surface area contributed by atoms with Crippen molar-refractivity contribution in [2.75, 3.05) is 6.54 Å². The average molecular weight is 245 g/mol. The lowest BCUT2D eigenvalue weighted by Crippen LogP contribution is -2.45. The van der Waals surface area contributed by atoms with Crippen molar-refractivity contribution < 1.29 is 19.5 Å². The minimum Gasteiger partial charge on any atom is -0.480 e. The number of hydrogen-bond acceptors (Lipinski definition) is 4. The number of carboxylic acid groups (broad SMARTS) is 1. The van der Waals surface area contributed by atoms with Gasteiger partial charge in [-0.15, -0.1) is 0 Å². The lowest BCUT2D eigenvalue weighted by atomic mass is 10.1. The fourth-order valence-electron chi connectivity index (χ4n) is 1.35. The number of nitrogens with two attached hydrogens (primary N) is 1. The summed E-state index contributed by atoms with van der Waals surface area (Å²) < 4.78 is 0. The summed E-state index contributed by atoms with van der Waals surface area (Å²) in [7, 11) is 0. The third-order valence-electron chi connectivity index (χ3n) is 2.08. The molecule has 0 aromatic heterocycles. The van der Waals surface area contributed by atoms with Crippen LogP contribution < -0.4 is 16.4 Å². The SMILES string of the molecule is CCNC(C)CC(=O)NC(CC(N)=O)C(=O)O. The molecule has 98 valence electrons. The normalized spacial score (nSPS) is 13.8. The van der Waals surface area contributed by atoms with E-state index in [-0.39, 0.29) is 12.5 Å². The number of carboxylic acids is 1. The third-order valence-corrected chi connectivity index (χ3v) is 2.08. The molecule has 0 aromatic carbocycles. The van der Waals surface area contributed by atoms with Crippen molar-refractivity contribution in [3.63, 3.8) is 0 Å². The van der Waals surface area contributed by atoms with Crippen LogP contribution in [0.15, 0.2) is 0 Å². The molecular weight excluding hydrogens is 226 g/mol. The quantitative estimate of drug-likeness (QED) is 0.429. The van der Waals surface area contributed by atoms with E-state index < -0.39 is 30.2 Å². The van der Waals surface area contributed by atoms with E-state index in [9.17, 15) is 14.4 Å². The van der Waals surface area contributed by atoms with Crippen molar-refractivity contribution in [1.82, 2.24) is 10.6 Å². The van der Waals surface area contributed by atoms with Gasteiger partial charge in [0.2, 0.25) is 11.8 Å². The van der Waals surface area contributed by atoms with Crippen LogP contribution in [0.4, 0.5) is 0 Å². The molecule has 0 bridgehead atoms. The summed E-state index contributed by atoms with van der Waals surface area (Å²) in [5.74, 6) is -2.46. The van der Waals surface area contributed by atoms with Gasteiger partial charge in [0.25, 0.3) is 0 Å². The lowest BCUT2D eigenvalue weighted by molar-refractivity contribution is -0.143. The van der Waals surface area contributed by atoms with E-state index in [1.807, 2.05) is 13.8 Å². The van der Waals surface area contributed by atoms with Gasteiger partial charge in [0.15, 0.2) is 0 Å². The van der Waals surface area contributed by atoms with Gasteiger partial charge in [-0.05, 0) is 13.5 Å². The molecule has 0 rings (SSSR count). The van der Waals surface area contributed by atoms with Crippen molar-refractivity contribution in [2.24, 2.45) is 5.73 Å². The zero-order chi connectivity index (χ0) is 13.4. The third kappa shape index (κ3) is 7.29. The van der Waals surface area contributed by atoms with E-state index in [0.717, 1.165) is 6.54 Å². The van der Waals surface area contributed by atoms with Crippen LogP contribution >= 0.6 is 0 Å². The van der Waals surface area contributed by atoms with Gasteiger partial charge in [-0.1, -0.05) is 6.92 Å². The second kappa shape index (κ2) is 7.61. The summed E-state index contributed by atoms with van der Waals surface area (Å²) >= 11 is 0. The maximum absolute atomic E-state index is 11.5. The van der Waals surface area contributed by atoms with E-state index in [1.165, 1.54) is 0 Å². The number of amides is 2. The summed E-state index contributed by atoms with van der Waals surface area (Å²) in [4.78, 5) is 32.8. The number of carbonyl (C=O) groups is 3. The Kier molecular flexibility index (Phi) is 6.88. The maximum atomic E-state index is 11.5. The fraction of sp³-hybridized carbons (Fsp3) is 0.700. The van der Waals surface area contributed by atoms with Gasteiger partial charge in [0.1, 0.15) is 6.04 Å². The number of hydrogen-bond donors (Lipinski definition) is 4. The van der Waals surface area contributed by atoms with Gasteiger partial charge in [-0.25, -0.2) is 4.79 Å². The molecule has 2 amide bonds. The van der Waals surface area contributed by atoms with E-state index in [1.54, 1.807) is 0 Å². The molecule has 0 radical (unpaired) electrons. The molecule has 0 spiro atoms. The number of rotatable bonds is 8. The Hall–Kier alpha value is -1.63. The molecule has 0 fully saturated rings. The van der Waals surface area contributed by atoms with Crippen molar-refractivity contribution >= 4 is 17.8 Å². The molecule has 0 aromatic rings. The summed E-state index contributed by atoms with van der Waals surface area (Å²) in [6, 6.07) is -1.31. The number of aliphatic carboxylic acids is 1. The van der Waals surface area contributed by atoms with Crippen LogP contribution in [0.5, 0.6) is 0 Å². The second-order valence-corrected chi connectivity index (χ2v) is 3.79. The van der Waals surface area contributed by atoms with E-state index in [4.69, 9.17) is 10.8 Å². The van der Waals surface area contributed by atoms with Gasteiger partial charge in [0, 0.05) is 12.5 Å². The Morgan fingerprint density at radius 3 is 2.29 bits per heavy atom. The number of nitrogens with one attached hydrogen (secondary N) is 2. The number of primary amides is 1. The van der Waals surface area contributed by atoms with E-state index in [0.29, 0.717) is 0 Å². The molecule has 0 heterocycles. The molecule has 0 saturated heterocycles. The monoisotopic (exact) mass is 245 g/mol. The first-order valence-electron chi connectivity index (χ1n) is 5.40. The van der Waals surface area contributed by atoms with Crippen molar-refractivity contribution in [2.45, 2.75) is 38.8 Å². The van der Waals surface area contributed by atoms with Crippen molar-refractivity contribution in [3.05, 3.63) is 0 Å². The molecule has 17 heavy (non-hydrogen) atoms. The summed E-state index contributed by atoms with van der Waals surface area (Å²) in [5.41, 5.74) is 4.89. The van der Waals surface area contributed by atoms with Gasteiger partial charge in [0.05, 0.1) is 6.42 Å². The standard InChI is InChI=1S/C10H19N3O4/c1-3-12-6(2)4-9(15)13-7(10(16)17)5-8(11)14/h6-7,12H,3-5H2,1-2H3,(H2,11,14)(H,13,15)(H,16,17). The molecule has 0 aliphatic carbocycles. The average Bonchev–Trinajstić information content (AvgIpc) is 2.15. The Morgan fingerprint density at radius 2 is 1.88 bits per heavy atom. The van der Waals surface area contributed by atoms with Crippen LogP contribution in [-0.2, 0) is 14.4 Å². The molecule has 7 nitrogen and oxygen atoms in total. The van der Waals surface area contributed by atoms with Crippen LogP contribution in [0.2, 0.25) is 0 Å². The maximum Gasteiger partial charge on any atom is 0.326 e. The summed E-state index contributed by atoms with van der Waals surface area (Å²) in [6.45, 7) is 4.44. The number of carbonyl (C=O) groups excluding carboxylic acids is 2. The Labute approximate surface area is 99.7 Å². The van der Waals surface area contributed by atoms with Gasteiger partial charge in [-0.3, -0.25) is 9.59 Å². The Balaban J connectivity index is 4.21. The van der Waals surface area contributed by atoms with Crippen LogP contribution in [0, 0.1) is 0 Å². The summed E-state index contributed by atoms with van der Waals surface area (Å²) in [6.07, 6.45) is -0.257. The highest BCUT2D eigenvalue weighted by molar-refractivity contribution is 5.88. The van der Waals surface area contributed by atoms with Crippen LogP contribution in [0.25, 0.3) is 0 Å². The predicted molar refractivity (Wildman–Crippen MR) is 61.1 cm³/mol. The van der Waals surface area contributed by atoms with Crippen LogP contribution in [-0.4, -0.2) is 41.5 Å². The Morgan fingerprint density at radius 1 is 1.29 bits per heavy atom. The topological polar surface area (TPSA) is 122 Å². The highest BCUT2D eigenvalue weighted by atomic mass is 16.4. The molecule has 2 atom stereocenters. The first kappa shape index (κ1) is 15.4. The van der Waals surface area contributed by atoms with E-state index in [2.05, 4.69) is 10.6 Å². The lowest BCUT2D eigenvalue weighted by Gasteiger charge is -2.15. The molecule has 0 aliphatic rings. The molecule has 2 unspecified atom stereocenters. The minimum absolute atomic E-state index is 0.0528. The first-order chi connectivity index (χ1) is 7.86. The molecular formula is C10H19N3O4. The van der Waals surface area contributed by atoms with Crippen LogP contribution in [0.1, 0.15) is 26.7 Å². The van der Waals surface area contributed by atoms with Crippen LogP contribution in [0.3, 0.4) is 0 Å². The molecule has 0 saturated carbocycles. The Bertz CT molecular complexity index is 293. The van der Waals surface area contributed by atoms with E-state index >= 15 is 0 Å². The van der Waals surface area contributed by atoms with Crippen molar-refractivity contribution in [1.29, 1.82) is 0 Å². The minimum atomic E-state index is -1.27. The van der Waals surface area contributed by atoms with Crippen molar-refractivity contribution in [3.8, 4) is 0 Å². The fourth-order valence-corrected chi connectivity index (χ4v) is 1.35. The highest BCUT2D eigenvalue weighted by Crippen LogP contribution is 1.96.